The Kier molecular flexibility index (Phi) is 10.1. The van der Waals surface area contributed by atoms with Crippen molar-refractivity contribution in [3.05, 3.63) is 71.3 Å². The van der Waals surface area contributed by atoms with Gasteiger partial charge in [0.15, 0.2) is 0 Å². The minimum absolute atomic E-state index is 0.204. The van der Waals surface area contributed by atoms with E-state index >= 15 is 0 Å². The molecule has 1 saturated carbocycles. The molecule has 2 aromatic rings. The minimum Gasteiger partial charge on any atom is -0.468 e. The van der Waals surface area contributed by atoms with Crippen molar-refractivity contribution in [2.45, 2.75) is 77.1 Å². The van der Waals surface area contributed by atoms with Crippen molar-refractivity contribution < 1.29 is 28.7 Å². The van der Waals surface area contributed by atoms with Crippen molar-refractivity contribution in [1.29, 1.82) is 0 Å². The van der Waals surface area contributed by atoms with E-state index in [2.05, 4.69) is 10.6 Å². The van der Waals surface area contributed by atoms with Gasteiger partial charge in [0.2, 0.25) is 11.8 Å². The summed E-state index contributed by atoms with van der Waals surface area (Å²) >= 11 is 0. The Morgan fingerprint density at radius 1 is 1.00 bits per heavy atom. The number of esters is 1. The van der Waals surface area contributed by atoms with Crippen LogP contribution >= 0.6 is 0 Å². The average molecular weight is 538 g/mol. The molecule has 2 aromatic carbocycles. The number of ether oxygens (including phenoxy) is 2. The van der Waals surface area contributed by atoms with Crippen molar-refractivity contribution in [3.8, 4) is 0 Å². The van der Waals surface area contributed by atoms with E-state index in [-0.39, 0.29) is 19.0 Å². The molecule has 0 bridgehead atoms. The molecule has 1 fully saturated rings. The van der Waals surface area contributed by atoms with E-state index in [1.165, 1.54) is 7.11 Å². The largest absolute Gasteiger partial charge is 0.468 e. The molecule has 1 aliphatic carbocycles. The SMILES string of the molecule is COC(=O)CNC(=O)C(c1ccccc1C)N(C(=O)C(Cc1ccccc1)NC(=O)OC(C)(C)C)C1CCC1. The van der Waals surface area contributed by atoms with Crippen molar-refractivity contribution in [2.75, 3.05) is 13.7 Å². The van der Waals surface area contributed by atoms with Crippen LogP contribution in [0.1, 0.15) is 62.8 Å². The van der Waals surface area contributed by atoms with Crippen molar-refractivity contribution in [3.63, 3.8) is 0 Å². The summed E-state index contributed by atoms with van der Waals surface area (Å²) in [6.07, 6.45) is 1.87. The summed E-state index contributed by atoms with van der Waals surface area (Å²) in [7, 11) is 1.24. The summed E-state index contributed by atoms with van der Waals surface area (Å²) in [5, 5.41) is 5.41. The Bertz CT molecular complexity index is 1160. The fraction of sp³-hybridized carbons (Fsp3) is 0.467. The van der Waals surface area contributed by atoms with Crippen LogP contribution in [0.3, 0.4) is 0 Å². The lowest BCUT2D eigenvalue weighted by Crippen LogP contribution is -2.58. The van der Waals surface area contributed by atoms with E-state index in [1.54, 1.807) is 25.7 Å². The van der Waals surface area contributed by atoms with Crippen molar-refractivity contribution in [1.82, 2.24) is 15.5 Å². The summed E-state index contributed by atoms with van der Waals surface area (Å²) in [5.74, 6) is -1.48. The number of benzene rings is 2. The van der Waals surface area contributed by atoms with E-state index < -0.39 is 41.6 Å². The number of carbonyl (C=O) groups excluding carboxylic acids is 4. The second kappa shape index (κ2) is 13.3. The van der Waals surface area contributed by atoms with Gasteiger partial charge in [-0.25, -0.2) is 4.79 Å². The maximum atomic E-state index is 14.4. The molecule has 0 heterocycles. The molecule has 0 aromatic heterocycles. The van der Waals surface area contributed by atoms with E-state index in [1.807, 2.05) is 61.5 Å². The molecule has 0 aliphatic heterocycles. The molecule has 3 rings (SSSR count). The quantitative estimate of drug-likeness (QED) is 0.445. The third-order valence-corrected chi connectivity index (χ3v) is 6.64. The molecule has 0 radical (unpaired) electrons. The van der Waals surface area contributed by atoms with Gasteiger partial charge in [-0.2, -0.15) is 0 Å². The predicted molar refractivity (Wildman–Crippen MR) is 147 cm³/mol. The monoisotopic (exact) mass is 537 g/mol. The second-order valence-corrected chi connectivity index (χ2v) is 10.8. The number of hydrogen-bond donors (Lipinski definition) is 2. The Balaban J connectivity index is 2.03. The molecular formula is C30H39N3O6. The Morgan fingerprint density at radius 3 is 2.21 bits per heavy atom. The van der Waals surface area contributed by atoms with Gasteiger partial charge in [-0.05, 0) is 63.6 Å². The smallest absolute Gasteiger partial charge is 0.408 e. The number of amides is 3. The number of aryl methyl sites for hydroxylation is 1. The van der Waals surface area contributed by atoms with Crippen molar-refractivity contribution in [2.24, 2.45) is 0 Å². The van der Waals surface area contributed by atoms with Gasteiger partial charge >= 0.3 is 12.1 Å². The molecule has 0 spiro atoms. The standard InChI is InChI=1S/C30H39N3O6/c1-20-12-9-10-17-23(20)26(27(35)31-19-25(34)38-5)33(22-15-11-16-22)28(36)24(18-21-13-7-6-8-14-21)32-29(37)39-30(2,3)4/h6-10,12-14,17,22,24,26H,11,15-16,18-19H2,1-5H3,(H,31,35)(H,32,37). The summed E-state index contributed by atoms with van der Waals surface area (Å²) in [6, 6.07) is 14.5. The van der Waals surface area contributed by atoms with Crippen LogP contribution < -0.4 is 10.6 Å². The van der Waals surface area contributed by atoms with Gasteiger partial charge in [0.1, 0.15) is 24.2 Å². The number of rotatable bonds is 10. The van der Waals surface area contributed by atoms with Crippen LogP contribution in [0, 0.1) is 6.92 Å². The highest BCUT2D eigenvalue weighted by atomic mass is 16.6. The predicted octanol–water partition coefficient (Wildman–Crippen LogP) is 3.84. The lowest BCUT2D eigenvalue weighted by Gasteiger charge is -2.44. The number of nitrogens with zero attached hydrogens (tertiary/aromatic N) is 1. The van der Waals surface area contributed by atoms with Crippen LogP contribution in [0.2, 0.25) is 0 Å². The zero-order valence-electron chi connectivity index (χ0n) is 23.4. The molecule has 9 heteroatoms. The van der Waals surface area contributed by atoms with Crippen LogP contribution in [-0.4, -0.2) is 60.1 Å². The molecule has 39 heavy (non-hydrogen) atoms. The fourth-order valence-corrected chi connectivity index (χ4v) is 4.50. The first-order chi connectivity index (χ1) is 18.5. The van der Waals surface area contributed by atoms with Crippen LogP contribution in [-0.2, 0) is 30.3 Å². The molecule has 9 nitrogen and oxygen atoms in total. The molecule has 1 aliphatic rings. The van der Waals surface area contributed by atoms with Crippen LogP contribution in [0.4, 0.5) is 4.79 Å². The van der Waals surface area contributed by atoms with Gasteiger partial charge in [0.05, 0.1) is 7.11 Å². The summed E-state index contributed by atoms with van der Waals surface area (Å²) in [4.78, 5) is 54.3. The first-order valence-electron chi connectivity index (χ1n) is 13.3. The number of nitrogens with one attached hydrogen (secondary N) is 2. The highest BCUT2D eigenvalue weighted by Crippen LogP contribution is 2.35. The Hall–Kier alpha value is -3.88. The highest BCUT2D eigenvalue weighted by molar-refractivity contribution is 5.93. The molecular weight excluding hydrogens is 498 g/mol. The van der Waals surface area contributed by atoms with E-state index in [0.29, 0.717) is 5.56 Å². The third-order valence-electron chi connectivity index (χ3n) is 6.64. The number of hydrogen-bond acceptors (Lipinski definition) is 6. The lowest BCUT2D eigenvalue weighted by atomic mass is 9.87. The Labute approximate surface area is 230 Å². The number of alkyl carbamates (subject to hydrolysis) is 1. The van der Waals surface area contributed by atoms with E-state index in [9.17, 15) is 19.2 Å². The third kappa shape index (κ3) is 8.30. The zero-order chi connectivity index (χ0) is 28.6. The van der Waals surface area contributed by atoms with Gasteiger partial charge in [0.25, 0.3) is 0 Å². The lowest BCUT2D eigenvalue weighted by molar-refractivity contribution is -0.148. The topological polar surface area (TPSA) is 114 Å². The van der Waals surface area contributed by atoms with Gasteiger partial charge in [-0.1, -0.05) is 54.6 Å². The van der Waals surface area contributed by atoms with Gasteiger partial charge < -0.3 is 25.0 Å². The molecule has 210 valence electrons. The first-order valence-corrected chi connectivity index (χ1v) is 13.3. The molecule has 2 atom stereocenters. The highest BCUT2D eigenvalue weighted by Gasteiger charge is 2.42. The molecule has 2 N–H and O–H groups in total. The van der Waals surface area contributed by atoms with Crippen molar-refractivity contribution >= 4 is 23.9 Å². The van der Waals surface area contributed by atoms with E-state index in [4.69, 9.17) is 9.47 Å². The van der Waals surface area contributed by atoms with Crippen LogP contribution in [0.15, 0.2) is 54.6 Å². The van der Waals surface area contributed by atoms with E-state index in [0.717, 1.165) is 30.4 Å². The maximum Gasteiger partial charge on any atom is 0.408 e. The normalized spacial score (nSPS) is 14.8. The number of carbonyl (C=O) groups is 4. The van der Waals surface area contributed by atoms with Gasteiger partial charge in [-0.3, -0.25) is 14.4 Å². The minimum atomic E-state index is -1.01. The maximum absolute atomic E-state index is 14.4. The first kappa shape index (κ1) is 29.7. The Morgan fingerprint density at radius 2 is 1.64 bits per heavy atom. The molecule has 2 unspecified atom stereocenters. The summed E-state index contributed by atoms with van der Waals surface area (Å²) < 4.78 is 10.2. The molecule has 3 amide bonds. The van der Waals surface area contributed by atoms with Crippen LogP contribution in [0.5, 0.6) is 0 Å². The second-order valence-electron chi connectivity index (χ2n) is 10.8. The molecule has 0 saturated heterocycles. The zero-order valence-corrected chi connectivity index (χ0v) is 23.4. The summed E-state index contributed by atoms with van der Waals surface area (Å²) in [6.45, 7) is 6.80. The van der Waals surface area contributed by atoms with Gasteiger partial charge in [0, 0.05) is 12.5 Å². The average Bonchev–Trinajstić information content (AvgIpc) is 2.85. The number of methoxy groups -OCH3 is 1. The van der Waals surface area contributed by atoms with Crippen LogP contribution in [0.25, 0.3) is 0 Å². The fourth-order valence-electron chi connectivity index (χ4n) is 4.50. The summed E-state index contributed by atoms with van der Waals surface area (Å²) in [5.41, 5.74) is 1.57. The van der Waals surface area contributed by atoms with Gasteiger partial charge in [-0.15, -0.1) is 0 Å².